The Kier molecular flexibility index (Phi) is 44.0. The van der Waals surface area contributed by atoms with Crippen molar-refractivity contribution in [3.63, 3.8) is 0 Å². The van der Waals surface area contributed by atoms with Crippen LogP contribution in [0.3, 0.4) is 0 Å². The van der Waals surface area contributed by atoms with Crippen LogP contribution in [0.5, 0.6) is 0 Å². The van der Waals surface area contributed by atoms with E-state index in [1.807, 2.05) is 0 Å². The zero-order valence-electron chi connectivity index (χ0n) is 3.00. The van der Waals surface area contributed by atoms with Crippen LogP contribution >= 0.6 is 9.24 Å². The maximum Gasteiger partial charge on any atom is 0 e. The first-order chi connectivity index (χ1) is 1.91. The molecular weight excluding hydrogens is 171 g/mol. The number of nitrogens with zero attached hydrogens (tertiary/aromatic N) is 1. The topological polar surface area (TPSA) is 4.36 Å². The monoisotopic (exact) mass is 174 g/mol. The first kappa shape index (κ1) is 15.8. The summed E-state index contributed by atoms with van der Waals surface area (Å²) in [5.74, 6) is 0. The van der Waals surface area contributed by atoms with Gasteiger partial charge in [0.25, 0.3) is 0 Å². The van der Waals surface area contributed by atoms with Crippen molar-refractivity contribution in [3.8, 4) is 0 Å². The van der Waals surface area contributed by atoms with E-state index in [0.29, 0.717) is 0 Å². The predicted octanol–water partition coefficient (Wildman–Crippen LogP) is 0.895. The second-order valence-electron chi connectivity index (χ2n) is 0.278. The summed E-state index contributed by atoms with van der Waals surface area (Å²) in [6.07, 6.45) is 1.33. The minimum absolute atomic E-state index is 0. The summed E-state index contributed by atoms with van der Waals surface area (Å²) in [4.78, 5) is 2.82. The van der Waals surface area contributed by atoms with Gasteiger partial charge in [0, 0.05) is 37.1 Å². The van der Waals surface area contributed by atoms with Crippen LogP contribution in [0, 0.1) is 12.9 Å². The SMILES string of the molecule is [C-]#[N+][CH-]P.[V].[V]. The second kappa shape index (κ2) is 16.7. The zero-order chi connectivity index (χ0) is 3.41. The molecule has 0 rings (SSSR count). The number of rotatable bonds is 0. The van der Waals surface area contributed by atoms with E-state index in [2.05, 4.69) is 14.1 Å². The minimum atomic E-state index is 0. The van der Waals surface area contributed by atoms with Gasteiger partial charge in [-0.1, -0.05) is 0 Å². The summed E-state index contributed by atoms with van der Waals surface area (Å²) in [6.45, 7) is 6.00. The van der Waals surface area contributed by atoms with E-state index in [1.54, 1.807) is 0 Å². The smallest absolute Gasteiger partial charge is 0 e. The maximum atomic E-state index is 6.00. The fourth-order valence-electron chi connectivity index (χ4n) is 0. The van der Waals surface area contributed by atoms with E-state index in [1.165, 1.54) is 6.29 Å². The Bertz CT molecular complexity index is 41.3. The molecule has 0 aromatic heterocycles. The molecule has 0 aromatic carbocycles. The molecule has 0 saturated carbocycles. The first-order valence-electron chi connectivity index (χ1n) is 0.815. The molecule has 1 nitrogen and oxygen atoms in total. The average molecular weight is 174 g/mol. The molecule has 0 bridgehead atoms. The van der Waals surface area contributed by atoms with Crippen LogP contribution in [0.15, 0.2) is 0 Å². The second-order valence-corrected chi connectivity index (χ2v) is 0.576. The predicted molar refractivity (Wildman–Crippen MR) is 20.6 cm³/mol. The molecule has 0 aliphatic heterocycles. The third kappa shape index (κ3) is 20.3. The van der Waals surface area contributed by atoms with E-state index in [9.17, 15) is 0 Å². The Morgan fingerprint density at radius 2 is 1.67 bits per heavy atom. The molecule has 0 saturated heterocycles. The summed E-state index contributed by atoms with van der Waals surface area (Å²) in [5, 5.41) is 0. The molecule has 4 heteroatoms. The van der Waals surface area contributed by atoms with Crippen molar-refractivity contribution in [1.29, 1.82) is 0 Å². The molecule has 1 unspecified atom stereocenters. The van der Waals surface area contributed by atoms with Crippen LogP contribution in [0.2, 0.25) is 0 Å². The van der Waals surface area contributed by atoms with E-state index < -0.39 is 0 Å². The quantitative estimate of drug-likeness (QED) is 0.379. The Morgan fingerprint density at radius 1 is 1.50 bits per heavy atom. The molecule has 0 aliphatic carbocycles. The Morgan fingerprint density at radius 3 is 1.67 bits per heavy atom. The van der Waals surface area contributed by atoms with Gasteiger partial charge in [0.05, 0.1) is 0 Å². The summed E-state index contributed by atoms with van der Waals surface area (Å²) in [5.41, 5.74) is 0. The van der Waals surface area contributed by atoms with Crippen molar-refractivity contribution in [3.05, 3.63) is 17.7 Å². The molecule has 0 spiro atoms. The Balaban J connectivity index is -0.0000000450. The van der Waals surface area contributed by atoms with Crippen LogP contribution in [0.1, 0.15) is 0 Å². The van der Waals surface area contributed by atoms with Crippen molar-refractivity contribution in [2.75, 3.05) is 0 Å². The standard InChI is InChI=1S/C2H3NP.2V/c1-3-2-4;;/h2H,4H2;;/q-1;;. The largest absolute Gasteiger partial charge is 0.457 e. The Hall–Kier alpha value is 0.959. The fraction of sp³-hybridized carbons (Fsp3) is 0. The maximum absolute atomic E-state index is 6.00. The van der Waals surface area contributed by atoms with Crippen LogP contribution in [0.4, 0.5) is 0 Å². The summed E-state index contributed by atoms with van der Waals surface area (Å²) in [6, 6.07) is 0. The molecule has 2 radical (unpaired) electrons. The summed E-state index contributed by atoms with van der Waals surface area (Å²) in [7, 11) is 2.18. The van der Waals surface area contributed by atoms with Gasteiger partial charge in [-0.3, -0.25) is 6.57 Å². The molecule has 0 heterocycles. The van der Waals surface area contributed by atoms with Crippen molar-refractivity contribution >= 4 is 9.24 Å². The Labute approximate surface area is 64.1 Å². The van der Waals surface area contributed by atoms with Gasteiger partial charge in [-0.2, -0.15) is 0 Å². The molecule has 0 fully saturated rings. The van der Waals surface area contributed by atoms with Crippen LogP contribution in [-0.4, -0.2) is 0 Å². The van der Waals surface area contributed by atoms with Gasteiger partial charge < -0.3 is 4.85 Å². The van der Waals surface area contributed by atoms with E-state index in [0.717, 1.165) is 0 Å². The number of hydrogen-bond acceptors (Lipinski definition) is 0. The minimum Gasteiger partial charge on any atom is -0.457 e. The van der Waals surface area contributed by atoms with Crippen LogP contribution in [0.25, 0.3) is 4.85 Å². The van der Waals surface area contributed by atoms with Gasteiger partial charge >= 0.3 is 0 Å². The van der Waals surface area contributed by atoms with E-state index >= 15 is 0 Å². The zero-order valence-corrected chi connectivity index (χ0v) is 6.94. The molecule has 6 heavy (non-hydrogen) atoms. The molecule has 1 atom stereocenters. The van der Waals surface area contributed by atoms with Crippen molar-refractivity contribution in [2.24, 2.45) is 0 Å². The summed E-state index contributed by atoms with van der Waals surface area (Å²) < 4.78 is 0. The van der Waals surface area contributed by atoms with Crippen molar-refractivity contribution in [1.82, 2.24) is 0 Å². The van der Waals surface area contributed by atoms with Crippen molar-refractivity contribution < 1.29 is 37.1 Å². The van der Waals surface area contributed by atoms with Gasteiger partial charge in [0.1, 0.15) is 0 Å². The fourth-order valence-corrected chi connectivity index (χ4v) is 0. The van der Waals surface area contributed by atoms with E-state index in [4.69, 9.17) is 6.57 Å². The van der Waals surface area contributed by atoms with Crippen LogP contribution < -0.4 is 0 Å². The molecule has 0 N–H and O–H groups in total. The van der Waals surface area contributed by atoms with Crippen molar-refractivity contribution in [2.45, 2.75) is 0 Å². The van der Waals surface area contributed by atoms with Gasteiger partial charge in [0.15, 0.2) is 0 Å². The average Bonchev–Trinajstić information content (AvgIpc) is 1.37. The normalized spacial score (nSPS) is 2.67. The van der Waals surface area contributed by atoms with E-state index in [-0.39, 0.29) is 37.1 Å². The molecular formula is C2H3NPV2-. The van der Waals surface area contributed by atoms with Gasteiger partial charge in [-0.15, -0.1) is 0 Å². The van der Waals surface area contributed by atoms with Gasteiger partial charge in [-0.25, -0.2) is 9.24 Å². The molecule has 32 valence electrons. The summed E-state index contributed by atoms with van der Waals surface area (Å²) >= 11 is 0. The number of hydrogen-bond donors (Lipinski definition) is 0. The third-order valence-electron chi connectivity index (χ3n) is 0.0745. The first-order valence-corrected chi connectivity index (χ1v) is 1.48. The van der Waals surface area contributed by atoms with Gasteiger partial charge in [0.2, 0.25) is 0 Å². The molecule has 0 amide bonds. The molecule has 0 aromatic rings. The third-order valence-corrected chi connectivity index (χ3v) is 0.224. The van der Waals surface area contributed by atoms with Gasteiger partial charge in [-0.05, 0) is 6.29 Å². The van der Waals surface area contributed by atoms with Crippen LogP contribution in [-0.2, 0) is 37.1 Å². The molecule has 0 aliphatic rings.